The molecular formula is C20H17FN2O3. The van der Waals surface area contributed by atoms with Crippen LogP contribution in [0.4, 0.5) is 10.1 Å². The number of para-hydroxylation sites is 1. The van der Waals surface area contributed by atoms with Crippen molar-refractivity contribution in [2.45, 2.75) is 19.8 Å². The highest BCUT2D eigenvalue weighted by Gasteiger charge is 2.13. The van der Waals surface area contributed by atoms with E-state index in [0.717, 1.165) is 0 Å². The summed E-state index contributed by atoms with van der Waals surface area (Å²) in [6, 6.07) is 13.1. The first kappa shape index (κ1) is 17.5. The van der Waals surface area contributed by atoms with Crippen molar-refractivity contribution in [1.82, 2.24) is 4.98 Å². The summed E-state index contributed by atoms with van der Waals surface area (Å²) in [6.45, 7) is 1.45. The minimum atomic E-state index is -0.395. The van der Waals surface area contributed by atoms with Crippen LogP contribution in [0.3, 0.4) is 0 Å². The Balaban J connectivity index is 1.63. The maximum atomic E-state index is 13.8. The van der Waals surface area contributed by atoms with Crippen molar-refractivity contribution in [3.05, 3.63) is 72.0 Å². The van der Waals surface area contributed by atoms with E-state index in [0.29, 0.717) is 28.5 Å². The van der Waals surface area contributed by atoms with Crippen LogP contribution in [-0.2, 0) is 11.2 Å². The molecule has 3 rings (SSSR count). The standard InChI is InChI=1S/C20H17FN2O3/c1-13(24)14-6-3-5-9-17(14)23-19(25)10-11-20-22-12-18(26-20)15-7-2-4-8-16(15)21/h2-9,12H,10-11H2,1H3,(H,23,25). The summed E-state index contributed by atoms with van der Waals surface area (Å²) in [7, 11) is 0. The lowest BCUT2D eigenvalue weighted by Gasteiger charge is -2.08. The van der Waals surface area contributed by atoms with E-state index in [1.807, 2.05) is 0 Å². The van der Waals surface area contributed by atoms with Crippen LogP contribution in [-0.4, -0.2) is 16.7 Å². The van der Waals surface area contributed by atoms with Crippen LogP contribution < -0.4 is 5.32 Å². The van der Waals surface area contributed by atoms with Crippen molar-refractivity contribution in [3.63, 3.8) is 0 Å². The number of aryl methyl sites for hydroxylation is 1. The number of hydrogen-bond donors (Lipinski definition) is 1. The molecule has 0 spiro atoms. The number of Topliss-reactive ketones (excluding diaryl/α,β-unsaturated/α-hetero) is 1. The van der Waals surface area contributed by atoms with E-state index in [-0.39, 0.29) is 24.5 Å². The Labute approximate surface area is 149 Å². The molecule has 0 aliphatic rings. The summed E-state index contributed by atoms with van der Waals surface area (Å²) in [4.78, 5) is 27.8. The summed E-state index contributed by atoms with van der Waals surface area (Å²) in [6.07, 6.45) is 1.84. The molecule has 1 amide bonds. The molecule has 1 N–H and O–H groups in total. The highest BCUT2D eigenvalue weighted by molar-refractivity contribution is 6.03. The van der Waals surface area contributed by atoms with Crippen LogP contribution in [0, 0.1) is 5.82 Å². The van der Waals surface area contributed by atoms with Gasteiger partial charge in [-0.2, -0.15) is 0 Å². The number of rotatable bonds is 6. The van der Waals surface area contributed by atoms with Crippen molar-refractivity contribution in [1.29, 1.82) is 0 Å². The topological polar surface area (TPSA) is 72.2 Å². The molecule has 0 atom stereocenters. The number of halogens is 1. The Kier molecular flexibility index (Phi) is 5.22. The van der Waals surface area contributed by atoms with Crippen LogP contribution >= 0.6 is 0 Å². The van der Waals surface area contributed by atoms with Crippen molar-refractivity contribution < 1.29 is 18.4 Å². The number of aromatic nitrogens is 1. The summed E-state index contributed by atoms with van der Waals surface area (Å²) in [5.74, 6) is -0.111. The number of carbonyl (C=O) groups is 2. The van der Waals surface area contributed by atoms with E-state index in [1.54, 1.807) is 42.5 Å². The second kappa shape index (κ2) is 7.74. The van der Waals surface area contributed by atoms with Gasteiger partial charge in [0, 0.05) is 18.4 Å². The summed E-state index contributed by atoms with van der Waals surface area (Å²) >= 11 is 0. The van der Waals surface area contributed by atoms with E-state index in [9.17, 15) is 14.0 Å². The largest absolute Gasteiger partial charge is 0.441 e. The fourth-order valence-corrected chi connectivity index (χ4v) is 2.54. The van der Waals surface area contributed by atoms with E-state index < -0.39 is 5.82 Å². The normalized spacial score (nSPS) is 10.5. The Morgan fingerprint density at radius 2 is 1.85 bits per heavy atom. The smallest absolute Gasteiger partial charge is 0.224 e. The minimum absolute atomic E-state index is 0.122. The zero-order chi connectivity index (χ0) is 18.5. The molecule has 0 aliphatic carbocycles. The summed E-state index contributed by atoms with van der Waals surface area (Å²) < 4.78 is 19.3. The fraction of sp³-hybridized carbons (Fsp3) is 0.150. The first-order chi connectivity index (χ1) is 12.5. The van der Waals surface area contributed by atoms with Crippen molar-refractivity contribution in [3.8, 4) is 11.3 Å². The molecule has 0 bridgehead atoms. The van der Waals surface area contributed by atoms with Crippen molar-refractivity contribution in [2.75, 3.05) is 5.32 Å². The Bertz CT molecular complexity index is 949. The first-order valence-corrected chi connectivity index (χ1v) is 8.14. The van der Waals surface area contributed by atoms with Gasteiger partial charge in [0.1, 0.15) is 5.82 Å². The molecule has 0 saturated heterocycles. The molecule has 132 valence electrons. The molecule has 2 aromatic carbocycles. The van der Waals surface area contributed by atoms with Crippen molar-refractivity contribution in [2.24, 2.45) is 0 Å². The minimum Gasteiger partial charge on any atom is -0.441 e. The van der Waals surface area contributed by atoms with Gasteiger partial charge in [0.25, 0.3) is 0 Å². The molecule has 0 aliphatic heterocycles. The van der Waals surface area contributed by atoms with Gasteiger partial charge in [-0.25, -0.2) is 9.37 Å². The molecule has 6 heteroatoms. The maximum Gasteiger partial charge on any atom is 0.224 e. The van der Waals surface area contributed by atoms with Crippen LogP contribution in [0.1, 0.15) is 29.6 Å². The highest BCUT2D eigenvalue weighted by atomic mass is 19.1. The predicted molar refractivity (Wildman–Crippen MR) is 95.3 cm³/mol. The van der Waals surface area contributed by atoms with Gasteiger partial charge in [0.2, 0.25) is 5.91 Å². The second-order valence-corrected chi connectivity index (χ2v) is 5.75. The summed E-state index contributed by atoms with van der Waals surface area (Å²) in [5, 5.41) is 2.72. The average Bonchev–Trinajstić information content (AvgIpc) is 3.09. The Morgan fingerprint density at radius 3 is 2.62 bits per heavy atom. The number of ketones is 1. The van der Waals surface area contributed by atoms with E-state index in [4.69, 9.17) is 4.42 Å². The Hall–Kier alpha value is -3.28. The van der Waals surface area contributed by atoms with Gasteiger partial charge < -0.3 is 9.73 Å². The van der Waals surface area contributed by atoms with Gasteiger partial charge in [0.15, 0.2) is 17.4 Å². The van der Waals surface area contributed by atoms with Gasteiger partial charge in [-0.15, -0.1) is 0 Å². The first-order valence-electron chi connectivity index (χ1n) is 8.14. The third-order valence-corrected chi connectivity index (χ3v) is 3.84. The molecule has 0 unspecified atom stereocenters. The van der Waals surface area contributed by atoms with Gasteiger partial charge in [-0.05, 0) is 31.2 Å². The summed E-state index contributed by atoms with van der Waals surface area (Å²) in [5.41, 5.74) is 1.26. The maximum absolute atomic E-state index is 13.8. The van der Waals surface area contributed by atoms with E-state index >= 15 is 0 Å². The second-order valence-electron chi connectivity index (χ2n) is 5.75. The SMILES string of the molecule is CC(=O)c1ccccc1NC(=O)CCc1ncc(-c2ccccc2F)o1. The predicted octanol–water partition coefficient (Wildman–Crippen LogP) is 4.25. The highest BCUT2D eigenvalue weighted by Crippen LogP contribution is 2.23. The van der Waals surface area contributed by atoms with Crippen molar-refractivity contribution >= 4 is 17.4 Å². The molecule has 1 aromatic heterocycles. The third-order valence-electron chi connectivity index (χ3n) is 3.84. The molecule has 1 heterocycles. The van der Waals surface area contributed by atoms with Crippen LogP contribution in [0.5, 0.6) is 0 Å². The molecule has 0 saturated carbocycles. The number of nitrogens with zero attached hydrogens (tertiary/aromatic N) is 1. The molecule has 5 nitrogen and oxygen atoms in total. The third kappa shape index (κ3) is 4.03. The number of oxazole rings is 1. The van der Waals surface area contributed by atoms with Crippen LogP contribution in [0.2, 0.25) is 0 Å². The molecule has 3 aromatic rings. The van der Waals surface area contributed by atoms with E-state index in [1.165, 1.54) is 19.2 Å². The number of hydrogen-bond acceptors (Lipinski definition) is 4. The van der Waals surface area contributed by atoms with Gasteiger partial charge in [-0.1, -0.05) is 24.3 Å². The zero-order valence-electron chi connectivity index (χ0n) is 14.2. The fourth-order valence-electron chi connectivity index (χ4n) is 2.54. The lowest BCUT2D eigenvalue weighted by Crippen LogP contribution is -2.14. The van der Waals surface area contributed by atoms with Crippen LogP contribution in [0.25, 0.3) is 11.3 Å². The zero-order valence-corrected chi connectivity index (χ0v) is 14.2. The van der Waals surface area contributed by atoms with Gasteiger partial charge in [-0.3, -0.25) is 9.59 Å². The van der Waals surface area contributed by atoms with Crippen LogP contribution in [0.15, 0.2) is 59.1 Å². The number of benzene rings is 2. The number of nitrogens with one attached hydrogen (secondary N) is 1. The Morgan fingerprint density at radius 1 is 1.12 bits per heavy atom. The van der Waals surface area contributed by atoms with E-state index in [2.05, 4.69) is 10.3 Å². The van der Waals surface area contributed by atoms with Gasteiger partial charge in [0.05, 0.1) is 17.4 Å². The molecule has 0 fully saturated rings. The molecule has 26 heavy (non-hydrogen) atoms. The van der Waals surface area contributed by atoms with Gasteiger partial charge >= 0.3 is 0 Å². The number of amides is 1. The number of anilines is 1. The molecular weight excluding hydrogens is 335 g/mol. The quantitative estimate of drug-likeness (QED) is 0.673. The lowest BCUT2D eigenvalue weighted by molar-refractivity contribution is -0.116. The molecule has 0 radical (unpaired) electrons. The lowest BCUT2D eigenvalue weighted by atomic mass is 10.1. The number of carbonyl (C=O) groups excluding carboxylic acids is 2. The average molecular weight is 352 g/mol. The monoisotopic (exact) mass is 352 g/mol.